The van der Waals surface area contributed by atoms with Crippen LogP contribution in [0.25, 0.3) is 11.1 Å². The van der Waals surface area contributed by atoms with Crippen molar-refractivity contribution in [3.8, 4) is 17.2 Å². The molecule has 150 valence electrons. The van der Waals surface area contributed by atoms with Gasteiger partial charge in [0.2, 0.25) is 0 Å². The third-order valence-corrected chi connectivity index (χ3v) is 7.31. The number of hydrogen-bond donors (Lipinski definition) is 0. The van der Waals surface area contributed by atoms with Gasteiger partial charge in [0.15, 0.2) is 0 Å². The molecule has 0 spiro atoms. The Balaban J connectivity index is 1.40. The zero-order valence-corrected chi connectivity index (χ0v) is 17.1. The van der Waals surface area contributed by atoms with Gasteiger partial charge in [-0.25, -0.2) is 4.39 Å². The SMILES string of the molecule is C=CCCC1CCC2CC(c3ccc(-c4ccc(C#N)c(F)c4)cc3)CCC2C1. The Labute approximate surface area is 174 Å². The molecule has 0 amide bonds. The highest BCUT2D eigenvalue weighted by atomic mass is 19.1. The predicted octanol–water partition coefficient (Wildman–Crippen LogP) is 7.63. The zero-order chi connectivity index (χ0) is 20.2. The van der Waals surface area contributed by atoms with Crippen LogP contribution in [-0.2, 0) is 0 Å². The maximum atomic E-state index is 13.9. The van der Waals surface area contributed by atoms with Crippen molar-refractivity contribution in [1.29, 1.82) is 5.26 Å². The lowest BCUT2D eigenvalue weighted by molar-refractivity contribution is 0.115. The summed E-state index contributed by atoms with van der Waals surface area (Å²) in [5.74, 6) is 2.94. The first-order valence-corrected chi connectivity index (χ1v) is 11.1. The third kappa shape index (κ3) is 4.45. The second-order valence-corrected chi connectivity index (χ2v) is 9.00. The Morgan fingerprint density at radius 2 is 1.69 bits per heavy atom. The summed E-state index contributed by atoms with van der Waals surface area (Å²) in [5, 5.41) is 8.90. The molecule has 2 heteroatoms. The standard InChI is InChI=1S/C27H30FN/c1-2-3-4-19-5-6-24-16-23(12-11-22(24)15-19)20-7-9-21(10-8-20)25-13-14-26(18-29)27(28)17-25/h2,7-10,13-14,17,19,22-24H,1,3-6,11-12,15-16H2. The zero-order valence-electron chi connectivity index (χ0n) is 17.1. The molecular formula is C27H30FN. The van der Waals surface area contributed by atoms with Gasteiger partial charge in [0.1, 0.15) is 11.9 Å². The van der Waals surface area contributed by atoms with Gasteiger partial charge in [-0.1, -0.05) is 42.8 Å². The van der Waals surface area contributed by atoms with Crippen molar-refractivity contribution in [2.75, 3.05) is 0 Å². The lowest BCUT2D eigenvalue weighted by Crippen LogP contribution is -2.30. The second-order valence-electron chi connectivity index (χ2n) is 9.00. The molecule has 0 bridgehead atoms. The molecule has 4 rings (SSSR count). The van der Waals surface area contributed by atoms with Crippen LogP contribution >= 0.6 is 0 Å². The summed E-state index contributed by atoms with van der Waals surface area (Å²) < 4.78 is 13.9. The van der Waals surface area contributed by atoms with Gasteiger partial charge < -0.3 is 0 Å². The van der Waals surface area contributed by atoms with Gasteiger partial charge in [-0.15, -0.1) is 6.58 Å². The molecule has 2 fully saturated rings. The normalized spacial score (nSPS) is 26.3. The van der Waals surface area contributed by atoms with Crippen molar-refractivity contribution >= 4 is 0 Å². The van der Waals surface area contributed by atoms with E-state index in [2.05, 4.69) is 36.9 Å². The van der Waals surface area contributed by atoms with Crippen molar-refractivity contribution in [2.24, 2.45) is 17.8 Å². The van der Waals surface area contributed by atoms with E-state index in [9.17, 15) is 4.39 Å². The molecule has 1 nitrogen and oxygen atoms in total. The maximum absolute atomic E-state index is 13.9. The number of benzene rings is 2. The summed E-state index contributed by atoms with van der Waals surface area (Å²) in [7, 11) is 0. The summed E-state index contributed by atoms with van der Waals surface area (Å²) in [6, 6.07) is 15.4. The molecule has 29 heavy (non-hydrogen) atoms. The summed E-state index contributed by atoms with van der Waals surface area (Å²) in [5.41, 5.74) is 3.36. The van der Waals surface area contributed by atoms with E-state index in [1.165, 1.54) is 63.0 Å². The first kappa shape index (κ1) is 19.9. The molecule has 0 heterocycles. The highest BCUT2D eigenvalue weighted by Gasteiger charge is 2.35. The predicted molar refractivity (Wildman–Crippen MR) is 117 cm³/mol. The molecule has 0 saturated heterocycles. The van der Waals surface area contributed by atoms with Crippen molar-refractivity contribution in [3.63, 3.8) is 0 Å². The summed E-state index contributed by atoms with van der Waals surface area (Å²) in [6.07, 6.45) is 12.8. The van der Waals surface area contributed by atoms with Gasteiger partial charge in [0, 0.05) is 0 Å². The monoisotopic (exact) mass is 387 g/mol. The fourth-order valence-electron chi connectivity index (χ4n) is 5.64. The van der Waals surface area contributed by atoms with E-state index in [1.54, 1.807) is 6.07 Å². The molecule has 2 aromatic rings. The quantitative estimate of drug-likeness (QED) is 0.484. The summed E-state index contributed by atoms with van der Waals surface area (Å²) >= 11 is 0. The van der Waals surface area contributed by atoms with Crippen LogP contribution < -0.4 is 0 Å². The largest absolute Gasteiger partial charge is 0.206 e. The molecule has 0 radical (unpaired) electrons. The average molecular weight is 388 g/mol. The molecule has 2 saturated carbocycles. The van der Waals surface area contributed by atoms with E-state index in [-0.39, 0.29) is 5.56 Å². The first-order valence-electron chi connectivity index (χ1n) is 11.1. The maximum Gasteiger partial charge on any atom is 0.141 e. The molecular weight excluding hydrogens is 357 g/mol. The number of nitrogens with zero attached hydrogens (tertiary/aromatic N) is 1. The van der Waals surface area contributed by atoms with E-state index in [0.29, 0.717) is 5.92 Å². The molecule has 0 N–H and O–H groups in total. The smallest absolute Gasteiger partial charge is 0.141 e. The highest BCUT2D eigenvalue weighted by molar-refractivity contribution is 5.65. The Bertz CT molecular complexity index is 892. The van der Waals surface area contributed by atoms with Crippen molar-refractivity contribution in [2.45, 2.75) is 57.3 Å². The van der Waals surface area contributed by atoms with Crippen LogP contribution in [0.1, 0.15) is 68.4 Å². The van der Waals surface area contributed by atoms with E-state index in [0.717, 1.165) is 28.9 Å². The lowest BCUT2D eigenvalue weighted by atomic mass is 9.63. The van der Waals surface area contributed by atoms with Gasteiger partial charge in [-0.3, -0.25) is 0 Å². The highest BCUT2D eigenvalue weighted by Crippen LogP contribution is 2.48. The minimum Gasteiger partial charge on any atom is -0.206 e. The number of halogens is 1. The second kappa shape index (κ2) is 8.95. The van der Waals surface area contributed by atoms with Crippen LogP contribution in [0.15, 0.2) is 55.1 Å². The molecule has 4 atom stereocenters. The topological polar surface area (TPSA) is 23.8 Å². The van der Waals surface area contributed by atoms with Crippen LogP contribution in [0.4, 0.5) is 4.39 Å². The minimum atomic E-state index is -0.448. The molecule has 0 aromatic heterocycles. The molecule has 2 aliphatic carbocycles. The van der Waals surface area contributed by atoms with Crippen molar-refractivity contribution < 1.29 is 4.39 Å². The third-order valence-electron chi connectivity index (χ3n) is 7.31. The van der Waals surface area contributed by atoms with E-state index >= 15 is 0 Å². The van der Waals surface area contributed by atoms with Gasteiger partial charge >= 0.3 is 0 Å². The molecule has 0 aliphatic heterocycles. The Kier molecular flexibility index (Phi) is 6.14. The lowest BCUT2D eigenvalue weighted by Gasteiger charge is -2.42. The first-order chi connectivity index (χ1) is 14.2. The van der Waals surface area contributed by atoms with E-state index in [1.807, 2.05) is 12.1 Å². The number of rotatable bonds is 5. The van der Waals surface area contributed by atoms with Crippen LogP contribution in [0, 0.1) is 34.9 Å². The fourth-order valence-corrected chi connectivity index (χ4v) is 5.64. The molecule has 2 aliphatic rings. The van der Waals surface area contributed by atoms with Crippen LogP contribution in [0.2, 0.25) is 0 Å². The van der Waals surface area contributed by atoms with Gasteiger partial charge in [0.05, 0.1) is 5.56 Å². The Morgan fingerprint density at radius 1 is 0.966 bits per heavy atom. The Hall–Kier alpha value is -2.40. The number of allylic oxidation sites excluding steroid dienone is 1. The van der Waals surface area contributed by atoms with Gasteiger partial charge in [0.25, 0.3) is 0 Å². The number of nitriles is 1. The van der Waals surface area contributed by atoms with E-state index < -0.39 is 5.82 Å². The summed E-state index contributed by atoms with van der Waals surface area (Å²) in [4.78, 5) is 0. The van der Waals surface area contributed by atoms with Crippen molar-refractivity contribution in [1.82, 2.24) is 0 Å². The summed E-state index contributed by atoms with van der Waals surface area (Å²) in [6.45, 7) is 3.88. The van der Waals surface area contributed by atoms with E-state index in [4.69, 9.17) is 5.26 Å². The fraction of sp³-hybridized carbons (Fsp3) is 0.444. The van der Waals surface area contributed by atoms with Crippen LogP contribution in [-0.4, -0.2) is 0 Å². The van der Waals surface area contributed by atoms with Crippen molar-refractivity contribution in [3.05, 3.63) is 72.1 Å². The number of fused-ring (bicyclic) bond motifs is 1. The minimum absolute atomic E-state index is 0.0985. The van der Waals surface area contributed by atoms with Gasteiger partial charge in [-0.05, 0) is 97.4 Å². The van der Waals surface area contributed by atoms with Crippen LogP contribution in [0.5, 0.6) is 0 Å². The molecule has 2 aromatic carbocycles. The Morgan fingerprint density at radius 3 is 2.41 bits per heavy atom. The number of hydrogen-bond acceptors (Lipinski definition) is 1. The molecule has 4 unspecified atom stereocenters. The van der Waals surface area contributed by atoms with Gasteiger partial charge in [-0.2, -0.15) is 5.26 Å². The average Bonchev–Trinajstić information content (AvgIpc) is 2.77. The van der Waals surface area contributed by atoms with Crippen LogP contribution in [0.3, 0.4) is 0 Å².